The Kier molecular flexibility index (Phi) is 4.15. The molecule has 0 fully saturated rings. The molecule has 0 spiro atoms. The highest BCUT2D eigenvalue weighted by molar-refractivity contribution is 9.10. The summed E-state index contributed by atoms with van der Waals surface area (Å²) in [7, 11) is 0. The molecule has 1 N–H and O–H groups in total. The first kappa shape index (κ1) is 12.5. The maximum atomic E-state index is 8.99. The van der Waals surface area contributed by atoms with E-state index >= 15 is 0 Å². The van der Waals surface area contributed by atoms with Gasteiger partial charge in [-0.3, -0.25) is 0 Å². The van der Waals surface area contributed by atoms with Gasteiger partial charge in [0.1, 0.15) is 17.4 Å². The van der Waals surface area contributed by atoms with Gasteiger partial charge in [0.05, 0.1) is 11.1 Å². The third kappa shape index (κ3) is 3.28. The van der Waals surface area contributed by atoms with Crippen molar-refractivity contribution < 1.29 is 9.84 Å². The van der Waals surface area contributed by atoms with Gasteiger partial charge in [-0.15, -0.1) is 11.3 Å². The molecule has 1 aromatic heterocycles. The molecule has 90 valence electrons. The summed E-state index contributed by atoms with van der Waals surface area (Å²) in [6.45, 7) is 2.46. The van der Waals surface area contributed by atoms with Crippen LogP contribution in [0.2, 0.25) is 0 Å². The molecule has 2 aromatic rings. The fraction of sp³-hybridized carbons (Fsp3) is 0.250. The van der Waals surface area contributed by atoms with Gasteiger partial charge in [-0.05, 0) is 40.5 Å². The molecule has 0 aliphatic rings. The maximum Gasteiger partial charge on any atom is 0.140 e. The van der Waals surface area contributed by atoms with Crippen LogP contribution in [0.1, 0.15) is 16.3 Å². The number of halogens is 1. The van der Waals surface area contributed by atoms with Crippen molar-refractivity contribution in [3.05, 3.63) is 44.3 Å². The van der Waals surface area contributed by atoms with E-state index in [0.29, 0.717) is 6.61 Å². The summed E-state index contributed by atoms with van der Waals surface area (Å²) in [5.74, 6) is 0.759. The first-order valence-electron chi connectivity index (χ1n) is 5.12. The smallest absolute Gasteiger partial charge is 0.140 e. The lowest BCUT2D eigenvalue weighted by Gasteiger charge is -2.07. The van der Waals surface area contributed by atoms with Gasteiger partial charge < -0.3 is 9.84 Å². The average molecular weight is 314 g/mol. The van der Waals surface area contributed by atoms with Crippen LogP contribution in [0.3, 0.4) is 0 Å². The van der Waals surface area contributed by atoms with E-state index in [2.05, 4.69) is 20.9 Å². The molecule has 0 unspecified atom stereocenters. The summed E-state index contributed by atoms with van der Waals surface area (Å²) in [4.78, 5) is 4.33. The Morgan fingerprint density at radius 2 is 2.29 bits per heavy atom. The van der Waals surface area contributed by atoms with Crippen LogP contribution >= 0.6 is 27.3 Å². The van der Waals surface area contributed by atoms with Gasteiger partial charge in [0.2, 0.25) is 0 Å². The number of hydrogen-bond donors (Lipinski definition) is 1. The third-order valence-electron chi connectivity index (χ3n) is 2.20. The van der Waals surface area contributed by atoms with Gasteiger partial charge in [0.25, 0.3) is 0 Å². The molecule has 0 bridgehead atoms. The minimum absolute atomic E-state index is 0.0323. The highest BCUT2D eigenvalue weighted by atomic mass is 79.9. The number of rotatable bonds is 4. The molecule has 0 saturated heterocycles. The van der Waals surface area contributed by atoms with Crippen molar-refractivity contribution in [2.75, 3.05) is 0 Å². The summed E-state index contributed by atoms with van der Waals surface area (Å²) in [5, 5.41) is 12.0. The summed E-state index contributed by atoms with van der Waals surface area (Å²) in [6, 6.07) is 5.53. The van der Waals surface area contributed by atoms with Gasteiger partial charge in [-0.2, -0.15) is 0 Å². The molecule has 5 heteroatoms. The fourth-order valence-electron chi connectivity index (χ4n) is 1.37. The lowest BCUT2D eigenvalue weighted by atomic mass is 10.2. The summed E-state index contributed by atoms with van der Waals surface area (Å²) < 4.78 is 6.50. The zero-order chi connectivity index (χ0) is 12.3. The fourth-order valence-corrected chi connectivity index (χ4v) is 2.59. The summed E-state index contributed by atoms with van der Waals surface area (Å²) in [6.07, 6.45) is 0. The van der Waals surface area contributed by atoms with E-state index in [0.717, 1.165) is 26.5 Å². The zero-order valence-corrected chi connectivity index (χ0v) is 11.7. The molecule has 17 heavy (non-hydrogen) atoms. The van der Waals surface area contributed by atoms with Crippen molar-refractivity contribution in [3.8, 4) is 5.75 Å². The molecule has 0 atom stereocenters. The number of nitrogens with zero attached hydrogens (tertiary/aromatic N) is 1. The van der Waals surface area contributed by atoms with Crippen molar-refractivity contribution in [1.29, 1.82) is 0 Å². The molecule has 0 saturated carbocycles. The van der Waals surface area contributed by atoms with Gasteiger partial charge in [-0.1, -0.05) is 6.07 Å². The summed E-state index contributed by atoms with van der Waals surface area (Å²) in [5.41, 5.74) is 1.87. The number of ether oxygens (including phenoxy) is 1. The quantitative estimate of drug-likeness (QED) is 0.942. The first-order chi connectivity index (χ1) is 8.19. The Balaban J connectivity index is 2.04. The topological polar surface area (TPSA) is 42.4 Å². The predicted molar refractivity (Wildman–Crippen MR) is 71.2 cm³/mol. The van der Waals surface area contributed by atoms with E-state index in [9.17, 15) is 0 Å². The molecule has 0 radical (unpaired) electrons. The number of aryl methyl sites for hydroxylation is 1. The molecular weight excluding hydrogens is 302 g/mol. The van der Waals surface area contributed by atoms with Gasteiger partial charge in [0.15, 0.2) is 0 Å². The van der Waals surface area contributed by atoms with Gasteiger partial charge >= 0.3 is 0 Å². The second-order valence-electron chi connectivity index (χ2n) is 3.59. The maximum absolute atomic E-state index is 8.99. The van der Waals surface area contributed by atoms with E-state index in [1.165, 1.54) is 0 Å². The minimum Gasteiger partial charge on any atom is -0.485 e. The van der Waals surface area contributed by atoms with Crippen LogP contribution in [0.4, 0.5) is 0 Å². The molecule has 3 nitrogen and oxygen atoms in total. The number of aromatic nitrogens is 1. The number of aliphatic hydroxyl groups is 1. The SMILES string of the molecule is Cc1csc(COc2ccc(CO)cc2Br)n1. The normalized spacial score (nSPS) is 10.5. The monoisotopic (exact) mass is 313 g/mol. The molecule has 1 heterocycles. The Morgan fingerprint density at radius 3 is 2.88 bits per heavy atom. The van der Waals surface area contributed by atoms with E-state index in [1.54, 1.807) is 11.3 Å². The largest absolute Gasteiger partial charge is 0.485 e. The van der Waals surface area contributed by atoms with Gasteiger partial charge in [-0.25, -0.2) is 4.98 Å². The molecule has 1 aromatic carbocycles. The van der Waals surface area contributed by atoms with Crippen LogP contribution in [0.25, 0.3) is 0 Å². The van der Waals surface area contributed by atoms with Crippen LogP contribution in [0.15, 0.2) is 28.1 Å². The Hall–Kier alpha value is -0.910. The predicted octanol–water partition coefficient (Wildman–Crippen LogP) is 3.29. The lowest BCUT2D eigenvalue weighted by molar-refractivity contribution is 0.280. The van der Waals surface area contributed by atoms with Crippen molar-refractivity contribution in [1.82, 2.24) is 4.98 Å². The first-order valence-corrected chi connectivity index (χ1v) is 6.79. The molecular formula is C12H12BrNO2S. The highest BCUT2D eigenvalue weighted by Gasteiger charge is 2.04. The second-order valence-corrected chi connectivity index (χ2v) is 5.39. The molecule has 0 amide bonds. The average Bonchev–Trinajstić information content (AvgIpc) is 2.73. The van der Waals surface area contributed by atoms with Crippen molar-refractivity contribution >= 4 is 27.3 Å². The van der Waals surface area contributed by atoms with E-state index in [4.69, 9.17) is 9.84 Å². The lowest BCUT2D eigenvalue weighted by Crippen LogP contribution is -1.96. The van der Waals surface area contributed by atoms with Crippen molar-refractivity contribution in [2.24, 2.45) is 0 Å². The van der Waals surface area contributed by atoms with E-state index in [-0.39, 0.29) is 6.61 Å². The van der Waals surface area contributed by atoms with Crippen molar-refractivity contribution in [2.45, 2.75) is 20.1 Å². The third-order valence-corrected chi connectivity index (χ3v) is 3.76. The van der Waals surface area contributed by atoms with Crippen LogP contribution in [-0.2, 0) is 13.2 Å². The Labute approximate surface area is 112 Å². The van der Waals surface area contributed by atoms with E-state index in [1.807, 2.05) is 30.5 Å². The Bertz CT molecular complexity index is 513. The highest BCUT2D eigenvalue weighted by Crippen LogP contribution is 2.27. The van der Waals surface area contributed by atoms with Crippen molar-refractivity contribution in [3.63, 3.8) is 0 Å². The molecule has 0 aliphatic heterocycles. The van der Waals surface area contributed by atoms with Crippen LogP contribution in [0, 0.1) is 6.92 Å². The van der Waals surface area contributed by atoms with E-state index < -0.39 is 0 Å². The Morgan fingerprint density at radius 1 is 1.47 bits per heavy atom. The van der Waals surface area contributed by atoms with Crippen LogP contribution < -0.4 is 4.74 Å². The number of aliphatic hydroxyl groups excluding tert-OH is 1. The van der Waals surface area contributed by atoms with Crippen LogP contribution in [-0.4, -0.2) is 10.1 Å². The summed E-state index contributed by atoms with van der Waals surface area (Å²) >= 11 is 5.00. The van der Waals surface area contributed by atoms with Crippen LogP contribution in [0.5, 0.6) is 5.75 Å². The second kappa shape index (κ2) is 5.62. The minimum atomic E-state index is 0.0323. The number of hydrogen-bond acceptors (Lipinski definition) is 4. The zero-order valence-electron chi connectivity index (χ0n) is 9.31. The molecule has 0 aliphatic carbocycles. The number of thiazole rings is 1. The molecule has 2 rings (SSSR count). The standard InChI is InChI=1S/C12H12BrNO2S/c1-8-7-17-12(14-8)6-16-11-3-2-9(5-15)4-10(11)13/h2-4,7,15H,5-6H2,1H3. The van der Waals surface area contributed by atoms with Gasteiger partial charge in [0, 0.05) is 11.1 Å². The number of benzene rings is 1.